The van der Waals surface area contributed by atoms with Crippen LogP contribution in [-0.4, -0.2) is 24.0 Å². The Morgan fingerprint density at radius 3 is 2.67 bits per heavy atom. The lowest BCUT2D eigenvalue weighted by atomic mass is 9.81. The number of fused-ring (bicyclic) bond motifs is 1. The lowest BCUT2D eigenvalue weighted by Crippen LogP contribution is -2.54. The minimum atomic E-state index is -0.596. The zero-order valence-corrected chi connectivity index (χ0v) is 17.1. The Balaban J connectivity index is 2.14. The highest BCUT2D eigenvalue weighted by Gasteiger charge is 2.40. The smallest absolute Gasteiger partial charge is 0.331 e. The molecule has 144 valence electrons. The molecule has 7 heteroatoms. The SMILES string of the molecule is C/C=C/C=C/C(=O)OCC(=O)Nc1sc2c(c1C#N)CC(C)(C)NC2(C)C. The van der Waals surface area contributed by atoms with Crippen LogP contribution in [0.5, 0.6) is 0 Å². The Bertz CT molecular complexity index is 841. The highest BCUT2D eigenvalue weighted by Crippen LogP contribution is 2.44. The molecule has 0 aromatic carbocycles. The van der Waals surface area contributed by atoms with Gasteiger partial charge in [0.15, 0.2) is 6.61 Å². The van der Waals surface area contributed by atoms with Gasteiger partial charge in [-0.2, -0.15) is 5.26 Å². The molecule has 0 aliphatic carbocycles. The van der Waals surface area contributed by atoms with Crippen molar-refractivity contribution in [3.63, 3.8) is 0 Å². The number of carbonyl (C=O) groups excluding carboxylic acids is 2. The number of nitriles is 1. The second-order valence-corrected chi connectivity index (χ2v) is 8.60. The number of anilines is 1. The molecule has 0 unspecified atom stereocenters. The summed E-state index contributed by atoms with van der Waals surface area (Å²) in [5.74, 6) is -1.07. The molecule has 0 fully saturated rings. The van der Waals surface area contributed by atoms with Gasteiger partial charge in [-0.15, -0.1) is 11.3 Å². The summed E-state index contributed by atoms with van der Waals surface area (Å²) in [7, 11) is 0. The van der Waals surface area contributed by atoms with Crippen LogP contribution < -0.4 is 10.6 Å². The van der Waals surface area contributed by atoms with Crippen molar-refractivity contribution in [3.8, 4) is 6.07 Å². The second kappa shape index (κ2) is 8.07. The molecular weight excluding hydrogens is 362 g/mol. The number of hydrogen-bond donors (Lipinski definition) is 2. The minimum absolute atomic E-state index is 0.154. The van der Waals surface area contributed by atoms with E-state index in [1.807, 2.05) is 6.92 Å². The number of thiophene rings is 1. The molecule has 0 spiro atoms. The molecule has 2 N–H and O–H groups in total. The van der Waals surface area contributed by atoms with Crippen LogP contribution in [0.2, 0.25) is 0 Å². The van der Waals surface area contributed by atoms with Crippen LogP contribution in [-0.2, 0) is 26.3 Å². The number of ether oxygens (including phenoxy) is 1. The third-order valence-electron chi connectivity index (χ3n) is 4.09. The quantitative estimate of drug-likeness (QED) is 0.459. The fourth-order valence-electron chi connectivity index (χ4n) is 3.33. The number of hydrogen-bond acceptors (Lipinski definition) is 6. The molecule has 0 radical (unpaired) electrons. The van der Waals surface area contributed by atoms with Gasteiger partial charge < -0.3 is 15.4 Å². The Kier molecular flexibility index (Phi) is 6.24. The molecule has 1 amide bonds. The van der Waals surface area contributed by atoms with Gasteiger partial charge in [0, 0.05) is 22.0 Å². The van der Waals surface area contributed by atoms with Gasteiger partial charge in [0.1, 0.15) is 11.1 Å². The highest BCUT2D eigenvalue weighted by atomic mass is 32.1. The zero-order chi connectivity index (χ0) is 20.2. The van der Waals surface area contributed by atoms with E-state index in [4.69, 9.17) is 4.74 Å². The molecule has 1 aliphatic heterocycles. The van der Waals surface area contributed by atoms with E-state index in [1.54, 1.807) is 12.2 Å². The van der Waals surface area contributed by atoms with Gasteiger partial charge in [-0.05, 0) is 46.6 Å². The molecule has 1 aliphatic rings. The Labute approximate surface area is 163 Å². The van der Waals surface area contributed by atoms with Crippen LogP contribution in [0.25, 0.3) is 0 Å². The first-order chi connectivity index (χ1) is 12.6. The minimum Gasteiger partial charge on any atom is -0.452 e. The van der Waals surface area contributed by atoms with Crippen LogP contribution in [0.1, 0.15) is 50.6 Å². The maximum absolute atomic E-state index is 12.2. The van der Waals surface area contributed by atoms with Crippen LogP contribution in [0.15, 0.2) is 24.3 Å². The van der Waals surface area contributed by atoms with Gasteiger partial charge in [0.2, 0.25) is 0 Å². The predicted molar refractivity (Wildman–Crippen MR) is 107 cm³/mol. The molecule has 0 saturated carbocycles. The summed E-state index contributed by atoms with van der Waals surface area (Å²) in [4.78, 5) is 24.7. The number of allylic oxidation sites excluding steroid dienone is 3. The summed E-state index contributed by atoms with van der Waals surface area (Å²) in [6.07, 6.45) is 6.95. The lowest BCUT2D eigenvalue weighted by Gasteiger charge is -2.42. The van der Waals surface area contributed by atoms with Gasteiger partial charge in [0.05, 0.1) is 5.56 Å². The number of nitrogens with zero attached hydrogens (tertiary/aromatic N) is 1. The van der Waals surface area contributed by atoms with E-state index < -0.39 is 18.5 Å². The average Bonchev–Trinajstić information content (AvgIpc) is 2.89. The Hall–Kier alpha value is -2.43. The van der Waals surface area contributed by atoms with Crippen molar-refractivity contribution in [3.05, 3.63) is 40.3 Å². The van der Waals surface area contributed by atoms with Crippen LogP contribution in [0.4, 0.5) is 5.00 Å². The molecule has 2 rings (SSSR count). The maximum atomic E-state index is 12.2. The molecule has 0 bridgehead atoms. The van der Waals surface area contributed by atoms with Crippen molar-refractivity contribution in [2.45, 2.75) is 52.1 Å². The van der Waals surface area contributed by atoms with E-state index in [0.717, 1.165) is 10.4 Å². The Morgan fingerprint density at radius 1 is 1.33 bits per heavy atom. The topological polar surface area (TPSA) is 91.2 Å². The van der Waals surface area contributed by atoms with E-state index in [1.165, 1.54) is 23.5 Å². The average molecular weight is 388 g/mol. The standard InChI is InChI=1S/C20H25N3O3S/c1-6-7-8-9-16(25)26-12-15(24)22-18-14(11-21)13-10-19(2,3)23-20(4,5)17(13)27-18/h6-9,23H,10,12H2,1-5H3,(H,22,24)/b7-6+,9-8+. The predicted octanol–water partition coefficient (Wildman–Crippen LogP) is 3.39. The number of amides is 1. The fraction of sp³-hybridized carbons (Fsp3) is 0.450. The summed E-state index contributed by atoms with van der Waals surface area (Å²) in [6.45, 7) is 9.74. The first-order valence-corrected chi connectivity index (χ1v) is 9.53. The van der Waals surface area contributed by atoms with Crippen LogP contribution in [0, 0.1) is 11.3 Å². The summed E-state index contributed by atoms with van der Waals surface area (Å²) in [5.41, 5.74) is 1.00. The molecular formula is C20H25N3O3S. The number of nitrogens with one attached hydrogen (secondary N) is 2. The molecule has 2 heterocycles. The van der Waals surface area contributed by atoms with Gasteiger partial charge >= 0.3 is 5.97 Å². The molecule has 1 aromatic rings. The van der Waals surface area contributed by atoms with Gasteiger partial charge in [0.25, 0.3) is 5.91 Å². The lowest BCUT2D eigenvalue weighted by molar-refractivity contribution is -0.142. The van der Waals surface area contributed by atoms with Crippen molar-refractivity contribution in [1.82, 2.24) is 5.32 Å². The van der Waals surface area contributed by atoms with Gasteiger partial charge in [-0.3, -0.25) is 4.79 Å². The van der Waals surface area contributed by atoms with Crippen molar-refractivity contribution in [2.75, 3.05) is 11.9 Å². The molecule has 6 nitrogen and oxygen atoms in total. The summed E-state index contributed by atoms with van der Waals surface area (Å²) >= 11 is 1.39. The fourth-order valence-corrected chi connectivity index (χ4v) is 4.57. The second-order valence-electron chi connectivity index (χ2n) is 7.58. The highest BCUT2D eigenvalue weighted by molar-refractivity contribution is 7.17. The molecule has 1 aromatic heterocycles. The normalized spacial score (nSPS) is 17.5. The molecule has 0 atom stereocenters. The number of rotatable bonds is 5. The van der Waals surface area contributed by atoms with Gasteiger partial charge in [-0.1, -0.05) is 18.2 Å². The number of esters is 1. The van der Waals surface area contributed by atoms with E-state index >= 15 is 0 Å². The summed E-state index contributed by atoms with van der Waals surface area (Å²) < 4.78 is 4.91. The maximum Gasteiger partial charge on any atom is 0.331 e. The summed E-state index contributed by atoms with van der Waals surface area (Å²) in [6, 6.07) is 2.23. The monoisotopic (exact) mass is 387 g/mol. The van der Waals surface area contributed by atoms with E-state index in [-0.39, 0.29) is 11.1 Å². The van der Waals surface area contributed by atoms with Crippen molar-refractivity contribution in [2.24, 2.45) is 0 Å². The third kappa shape index (κ3) is 5.06. The van der Waals surface area contributed by atoms with E-state index in [2.05, 4.69) is 44.4 Å². The largest absolute Gasteiger partial charge is 0.452 e. The zero-order valence-electron chi connectivity index (χ0n) is 16.3. The van der Waals surface area contributed by atoms with Gasteiger partial charge in [-0.25, -0.2) is 4.79 Å². The Morgan fingerprint density at radius 2 is 2.04 bits per heavy atom. The summed E-state index contributed by atoms with van der Waals surface area (Å²) in [5, 5.41) is 16.4. The molecule has 27 heavy (non-hydrogen) atoms. The first kappa shape index (κ1) is 20.9. The van der Waals surface area contributed by atoms with Crippen molar-refractivity contribution >= 4 is 28.2 Å². The number of carbonyl (C=O) groups is 2. The first-order valence-electron chi connectivity index (χ1n) is 8.71. The molecule has 0 saturated heterocycles. The van der Waals surface area contributed by atoms with Crippen LogP contribution >= 0.6 is 11.3 Å². The van der Waals surface area contributed by atoms with Crippen molar-refractivity contribution in [1.29, 1.82) is 5.26 Å². The van der Waals surface area contributed by atoms with E-state index in [9.17, 15) is 14.9 Å². The third-order valence-corrected chi connectivity index (χ3v) is 5.56. The van der Waals surface area contributed by atoms with Crippen molar-refractivity contribution < 1.29 is 14.3 Å². The van der Waals surface area contributed by atoms with E-state index in [0.29, 0.717) is 17.0 Å². The van der Waals surface area contributed by atoms with Crippen LogP contribution in [0.3, 0.4) is 0 Å².